The molecule has 108 valence electrons. The fraction of sp³-hybridized carbons (Fsp3) is 0.733. The first-order chi connectivity index (χ1) is 9.22. The van der Waals surface area contributed by atoms with Gasteiger partial charge in [0.1, 0.15) is 11.5 Å². The summed E-state index contributed by atoms with van der Waals surface area (Å²) in [6, 6.07) is 2.19. The van der Waals surface area contributed by atoms with Crippen LogP contribution in [0.4, 0.5) is 0 Å². The molecule has 0 unspecified atom stereocenters. The van der Waals surface area contributed by atoms with Gasteiger partial charge in [-0.2, -0.15) is 0 Å². The Labute approximate surface area is 116 Å². The molecule has 1 aromatic rings. The average Bonchev–Trinajstić information content (AvgIpc) is 2.73. The van der Waals surface area contributed by atoms with Crippen LogP contribution >= 0.6 is 0 Å². The van der Waals surface area contributed by atoms with Gasteiger partial charge in [-0.1, -0.05) is 0 Å². The largest absolute Gasteiger partial charge is 0.465 e. The minimum atomic E-state index is 0.742. The maximum atomic E-state index is 5.75. The second-order valence-corrected chi connectivity index (χ2v) is 5.50. The lowest BCUT2D eigenvalue weighted by Crippen LogP contribution is -2.34. The molecule has 4 heteroatoms. The molecule has 1 saturated heterocycles. The Hall–Kier alpha value is -0.840. The van der Waals surface area contributed by atoms with E-state index in [1.807, 2.05) is 7.05 Å². The van der Waals surface area contributed by atoms with Crippen LogP contribution in [0, 0.1) is 12.8 Å². The number of furan rings is 1. The molecule has 0 amide bonds. The second kappa shape index (κ2) is 7.08. The van der Waals surface area contributed by atoms with Gasteiger partial charge in [0.05, 0.1) is 6.54 Å². The molecule has 4 nitrogen and oxygen atoms in total. The summed E-state index contributed by atoms with van der Waals surface area (Å²) in [4.78, 5) is 2.52. The molecule has 1 aliphatic heterocycles. The van der Waals surface area contributed by atoms with Crippen LogP contribution in [0.15, 0.2) is 10.5 Å². The molecular weight excluding hydrogens is 240 g/mol. The number of rotatable bonds is 6. The number of likely N-dealkylation sites (tertiary alicyclic amines) is 1. The lowest BCUT2D eigenvalue weighted by Gasteiger charge is -2.31. The van der Waals surface area contributed by atoms with Crippen molar-refractivity contribution in [1.29, 1.82) is 0 Å². The third-order valence-electron chi connectivity index (χ3n) is 3.93. The highest BCUT2D eigenvalue weighted by atomic mass is 16.5. The predicted octanol–water partition coefficient (Wildman–Crippen LogP) is 2.17. The number of hydrogen-bond donors (Lipinski definition) is 1. The van der Waals surface area contributed by atoms with Crippen LogP contribution in [0.5, 0.6) is 0 Å². The smallest absolute Gasteiger partial charge is 0.118 e. The Bertz CT molecular complexity index is 381. The summed E-state index contributed by atoms with van der Waals surface area (Å²) in [6.07, 6.45) is 2.49. The Balaban J connectivity index is 1.85. The summed E-state index contributed by atoms with van der Waals surface area (Å²) in [5.41, 5.74) is 1.33. The zero-order chi connectivity index (χ0) is 13.7. The van der Waals surface area contributed by atoms with Crippen molar-refractivity contribution in [2.24, 2.45) is 5.92 Å². The maximum Gasteiger partial charge on any atom is 0.118 e. The van der Waals surface area contributed by atoms with Crippen LogP contribution in [0.1, 0.15) is 29.9 Å². The number of nitrogens with one attached hydrogen (secondary N) is 1. The van der Waals surface area contributed by atoms with Crippen LogP contribution in [0.2, 0.25) is 0 Å². The summed E-state index contributed by atoms with van der Waals surface area (Å²) >= 11 is 0. The summed E-state index contributed by atoms with van der Waals surface area (Å²) in [6.45, 7) is 7.12. The van der Waals surface area contributed by atoms with Crippen molar-refractivity contribution in [3.8, 4) is 0 Å². The van der Waals surface area contributed by atoms with E-state index in [0.717, 1.165) is 37.1 Å². The van der Waals surface area contributed by atoms with Gasteiger partial charge < -0.3 is 14.5 Å². The lowest BCUT2D eigenvalue weighted by molar-refractivity contribution is 0.0966. The van der Waals surface area contributed by atoms with Gasteiger partial charge in [-0.25, -0.2) is 0 Å². The molecule has 0 radical (unpaired) electrons. The second-order valence-electron chi connectivity index (χ2n) is 5.50. The van der Waals surface area contributed by atoms with Gasteiger partial charge in [-0.05, 0) is 51.9 Å². The third-order valence-corrected chi connectivity index (χ3v) is 3.93. The molecule has 0 atom stereocenters. The quantitative estimate of drug-likeness (QED) is 0.856. The molecule has 19 heavy (non-hydrogen) atoms. The zero-order valence-electron chi connectivity index (χ0n) is 12.4. The molecule has 2 heterocycles. The Morgan fingerprint density at radius 1 is 1.42 bits per heavy atom. The van der Waals surface area contributed by atoms with Gasteiger partial charge in [0.2, 0.25) is 0 Å². The van der Waals surface area contributed by atoms with Crippen LogP contribution in [0.3, 0.4) is 0 Å². The fourth-order valence-corrected chi connectivity index (χ4v) is 2.79. The van der Waals surface area contributed by atoms with E-state index in [0.29, 0.717) is 0 Å². The van der Waals surface area contributed by atoms with Gasteiger partial charge in [-0.3, -0.25) is 4.90 Å². The predicted molar refractivity (Wildman–Crippen MR) is 76.1 cm³/mol. The molecule has 2 rings (SSSR count). The first-order valence-electron chi connectivity index (χ1n) is 7.17. The zero-order valence-corrected chi connectivity index (χ0v) is 12.4. The molecule has 1 aromatic heterocycles. The summed E-state index contributed by atoms with van der Waals surface area (Å²) in [7, 11) is 3.74. The highest BCUT2D eigenvalue weighted by Crippen LogP contribution is 2.22. The minimum Gasteiger partial charge on any atom is -0.465 e. The first kappa shape index (κ1) is 14.6. The van der Waals surface area contributed by atoms with Crippen molar-refractivity contribution in [2.75, 3.05) is 33.9 Å². The van der Waals surface area contributed by atoms with Crippen molar-refractivity contribution in [1.82, 2.24) is 10.2 Å². The number of piperidine rings is 1. The number of nitrogens with zero attached hydrogens (tertiary/aromatic N) is 1. The fourth-order valence-electron chi connectivity index (χ4n) is 2.79. The maximum absolute atomic E-state index is 5.75. The molecular formula is C15H26N2O2. The standard InChI is InChI=1S/C15H26N2O2/c1-12-14(8-15(19-12)9-16-2)10-17-6-4-13(5-7-17)11-18-3/h8,13,16H,4-7,9-11H2,1-3H3. The molecule has 0 spiro atoms. The van der Waals surface area contributed by atoms with Crippen LogP contribution in [0.25, 0.3) is 0 Å². The van der Waals surface area contributed by atoms with Crippen molar-refractivity contribution in [3.63, 3.8) is 0 Å². The Kier molecular flexibility index (Phi) is 5.43. The minimum absolute atomic E-state index is 0.742. The van der Waals surface area contributed by atoms with E-state index in [9.17, 15) is 0 Å². The van der Waals surface area contributed by atoms with Gasteiger partial charge in [-0.15, -0.1) is 0 Å². The van der Waals surface area contributed by atoms with E-state index in [-0.39, 0.29) is 0 Å². The molecule has 0 aliphatic carbocycles. The van der Waals surface area contributed by atoms with Crippen molar-refractivity contribution in [2.45, 2.75) is 32.9 Å². The summed E-state index contributed by atoms with van der Waals surface area (Å²) < 4.78 is 11.0. The van der Waals surface area contributed by atoms with Crippen molar-refractivity contribution in [3.05, 3.63) is 23.2 Å². The Morgan fingerprint density at radius 3 is 2.79 bits per heavy atom. The lowest BCUT2D eigenvalue weighted by atomic mass is 9.97. The normalized spacial score (nSPS) is 18.1. The topological polar surface area (TPSA) is 37.6 Å². The molecule has 1 aliphatic rings. The number of methoxy groups -OCH3 is 1. The van der Waals surface area contributed by atoms with E-state index in [1.54, 1.807) is 7.11 Å². The van der Waals surface area contributed by atoms with Crippen molar-refractivity contribution < 1.29 is 9.15 Å². The number of ether oxygens (including phenoxy) is 1. The molecule has 0 saturated carbocycles. The van der Waals surface area contributed by atoms with E-state index in [1.165, 1.54) is 31.5 Å². The monoisotopic (exact) mass is 266 g/mol. The Morgan fingerprint density at radius 2 is 2.16 bits per heavy atom. The number of aryl methyl sites for hydroxylation is 1. The van der Waals surface area contributed by atoms with E-state index in [2.05, 4.69) is 23.2 Å². The highest BCUT2D eigenvalue weighted by Gasteiger charge is 2.20. The first-order valence-corrected chi connectivity index (χ1v) is 7.17. The highest BCUT2D eigenvalue weighted by molar-refractivity contribution is 5.20. The molecule has 1 fully saturated rings. The SMILES string of the molecule is CNCc1cc(CN2CCC(COC)CC2)c(C)o1. The van der Waals surface area contributed by atoms with Crippen LogP contribution in [-0.2, 0) is 17.8 Å². The molecule has 1 N–H and O–H groups in total. The molecule has 0 bridgehead atoms. The van der Waals surface area contributed by atoms with Gasteiger partial charge in [0.25, 0.3) is 0 Å². The van der Waals surface area contributed by atoms with E-state index in [4.69, 9.17) is 9.15 Å². The third kappa shape index (κ3) is 4.06. The summed E-state index contributed by atoms with van der Waals surface area (Å²) in [5.74, 6) is 2.83. The van der Waals surface area contributed by atoms with Gasteiger partial charge >= 0.3 is 0 Å². The number of hydrogen-bond acceptors (Lipinski definition) is 4. The van der Waals surface area contributed by atoms with Crippen LogP contribution < -0.4 is 5.32 Å². The van der Waals surface area contributed by atoms with Crippen molar-refractivity contribution >= 4 is 0 Å². The van der Waals surface area contributed by atoms with Gasteiger partial charge in [0, 0.05) is 25.8 Å². The molecule has 0 aromatic carbocycles. The van der Waals surface area contributed by atoms with Crippen LogP contribution in [-0.4, -0.2) is 38.8 Å². The summed E-state index contributed by atoms with van der Waals surface area (Å²) in [5, 5.41) is 3.13. The average molecular weight is 266 g/mol. The van der Waals surface area contributed by atoms with Gasteiger partial charge in [0.15, 0.2) is 0 Å². The van der Waals surface area contributed by atoms with E-state index >= 15 is 0 Å². The van der Waals surface area contributed by atoms with E-state index < -0.39 is 0 Å².